The number of halogens is 1. The van der Waals surface area contributed by atoms with Crippen LogP contribution < -0.4 is 5.32 Å². The standard InChI is InChI=1S/C14H14ClN3O/c1-8-5-4-6-12(9(8)2)18-14-11(7-19)13(15)16-10(3)17-14/h4-7H,1-3H3,(H,16,17,18). The van der Waals surface area contributed by atoms with Crippen LogP contribution in [0.25, 0.3) is 0 Å². The van der Waals surface area contributed by atoms with Gasteiger partial charge in [0.05, 0.1) is 5.56 Å². The minimum absolute atomic E-state index is 0.162. The highest BCUT2D eigenvalue weighted by Crippen LogP contribution is 2.26. The maximum atomic E-state index is 11.1. The normalized spacial score (nSPS) is 10.3. The number of anilines is 2. The molecule has 0 atom stereocenters. The zero-order chi connectivity index (χ0) is 14.0. The van der Waals surface area contributed by atoms with Gasteiger partial charge >= 0.3 is 0 Å². The molecule has 0 aliphatic heterocycles. The maximum absolute atomic E-state index is 11.1. The van der Waals surface area contributed by atoms with Gasteiger partial charge in [0.1, 0.15) is 16.8 Å². The van der Waals surface area contributed by atoms with Crippen LogP contribution in [-0.4, -0.2) is 16.3 Å². The van der Waals surface area contributed by atoms with Crippen molar-refractivity contribution < 1.29 is 4.79 Å². The van der Waals surface area contributed by atoms with Gasteiger partial charge in [0.15, 0.2) is 6.29 Å². The van der Waals surface area contributed by atoms with E-state index in [1.165, 1.54) is 0 Å². The Labute approximate surface area is 116 Å². The van der Waals surface area contributed by atoms with E-state index in [0.717, 1.165) is 16.8 Å². The first-order valence-corrected chi connectivity index (χ1v) is 6.23. The fraction of sp³-hybridized carbons (Fsp3) is 0.214. The second-order valence-corrected chi connectivity index (χ2v) is 4.67. The second-order valence-electron chi connectivity index (χ2n) is 4.31. The molecular formula is C14H14ClN3O. The fourth-order valence-corrected chi connectivity index (χ4v) is 2.02. The van der Waals surface area contributed by atoms with Gasteiger partial charge in [0.2, 0.25) is 0 Å². The number of aryl methyl sites for hydroxylation is 2. The van der Waals surface area contributed by atoms with Gasteiger partial charge in [-0.2, -0.15) is 0 Å². The van der Waals surface area contributed by atoms with Gasteiger partial charge in [-0.05, 0) is 38.0 Å². The summed E-state index contributed by atoms with van der Waals surface area (Å²) in [6, 6.07) is 5.91. The Balaban J connectivity index is 2.49. The number of nitrogens with zero attached hydrogens (tertiary/aromatic N) is 2. The number of nitrogens with one attached hydrogen (secondary N) is 1. The topological polar surface area (TPSA) is 54.9 Å². The Hall–Kier alpha value is -1.94. The highest BCUT2D eigenvalue weighted by Gasteiger charge is 2.12. The average molecular weight is 276 g/mol. The quantitative estimate of drug-likeness (QED) is 0.687. The molecule has 1 N–H and O–H groups in total. The van der Waals surface area contributed by atoms with Crippen molar-refractivity contribution in [1.82, 2.24) is 9.97 Å². The molecule has 0 saturated carbocycles. The molecule has 0 spiro atoms. The highest BCUT2D eigenvalue weighted by molar-refractivity contribution is 6.32. The van der Waals surface area contributed by atoms with Gasteiger partial charge in [-0.15, -0.1) is 0 Å². The van der Waals surface area contributed by atoms with E-state index in [4.69, 9.17) is 11.6 Å². The fourth-order valence-electron chi connectivity index (χ4n) is 1.76. The first kappa shape index (κ1) is 13.5. The summed E-state index contributed by atoms with van der Waals surface area (Å²) in [7, 11) is 0. The van der Waals surface area contributed by atoms with Gasteiger partial charge in [-0.1, -0.05) is 23.7 Å². The summed E-state index contributed by atoms with van der Waals surface area (Å²) in [4.78, 5) is 19.3. The Morgan fingerprint density at radius 2 is 1.95 bits per heavy atom. The zero-order valence-corrected chi connectivity index (χ0v) is 11.7. The molecule has 0 aliphatic carbocycles. The van der Waals surface area contributed by atoms with Crippen LogP contribution in [0.1, 0.15) is 27.3 Å². The molecule has 0 saturated heterocycles. The minimum Gasteiger partial charge on any atom is -0.339 e. The van der Waals surface area contributed by atoms with Gasteiger partial charge in [0.25, 0.3) is 0 Å². The molecule has 5 heteroatoms. The van der Waals surface area contributed by atoms with Crippen LogP contribution in [-0.2, 0) is 0 Å². The zero-order valence-electron chi connectivity index (χ0n) is 11.0. The largest absolute Gasteiger partial charge is 0.339 e. The van der Waals surface area contributed by atoms with Gasteiger partial charge in [-0.3, -0.25) is 4.79 Å². The number of rotatable bonds is 3. The molecular weight excluding hydrogens is 262 g/mol. The Bertz CT molecular complexity index is 641. The number of hydrogen-bond acceptors (Lipinski definition) is 4. The maximum Gasteiger partial charge on any atom is 0.156 e. The SMILES string of the molecule is Cc1nc(Cl)c(C=O)c(Nc2cccc(C)c2C)n1. The monoisotopic (exact) mass is 275 g/mol. The van der Waals surface area contributed by atoms with Gasteiger partial charge in [-0.25, -0.2) is 9.97 Å². The van der Waals surface area contributed by atoms with Gasteiger partial charge < -0.3 is 5.32 Å². The molecule has 2 rings (SSSR count). The van der Waals surface area contributed by atoms with Crippen molar-refractivity contribution in [2.45, 2.75) is 20.8 Å². The van der Waals surface area contributed by atoms with Crippen LogP contribution >= 0.6 is 11.6 Å². The van der Waals surface area contributed by atoms with E-state index in [9.17, 15) is 4.79 Å². The van der Waals surface area contributed by atoms with Crippen molar-refractivity contribution >= 4 is 29.4 Å². The summed E-state index contributed by atoms with van der Waals surface area (Å²) < 4.78 is 0. The highest BCUT2D eigenvalue weighted by atomic mass is 35.5. The van der Waals surface area contributed by atoms with E-state index < -0.39 is 0 Å². The summed E-state index contributed by atoms with van der Waals surface area (Å²) >= 11 is 5.95. The van der Waals surface area contributed by atoms with Gasteiger partial charge in [0, 0.05) is 5.69 Å². The number of carbonyl (C=O) groups excluding carboxylic acids is 1. The predicted molar refractivity (Wildman–Crippen MR) is 76.4 cm³/mol. The Morgan fingerprint density at radius 1 is 1.21 bits per heavy atom. The molecule has 1 aromatic carbocycles. The van der Waals surface area contributed by atoms with Crippen LogP contribution in [0.2, 0.25) is 5.15 Å². The molecule has 0 bridgehead atoms. The van der Waals surface area contributed by atoms with Crippen LogP contribution in [0.5, 0.6) is 0 Å². The third-order valence-electron chi connectivity index (χ3n) is 2.99. The Morgan fingerprint density at radius 3 is 2.63 bits per heavy atom. The number of aromatic nitrogens is 2. The summed E-state index contributed by atoms with van der Waals surface area (Å²) in [5.74, 6) is 0.949. The molecule has 2 aromatic rings. The van der Waals surface area contributed by atoms with Crippen LogP contribution in [0, 0.1) is 20.8 Å². The molecule has 0 unspecified atom stereocenters. The average Bonchev–Trinajstić information content (AvgIpc) is 2.34. The first-order chi connectivity index (χ1) is 9.02. The molecule has 1 aromatic heterocycles. The lowest BCUT2D eigenvalue weighted by atomic mass is 10.1. The number of hydrogen-bond donors (Lipinski definition) is 1. The van der Waals surface area contributed by atoms with Crippen LogP contribution in [0.3, 0.4) is 0 Å². The lowest BCUT2D eigenvalue weighted by molar-refractivity contribution is 0.112. The van der Waals surface area contributed by atoms with Crippen LogP contribution in [0.15, 0.2) is 18.2 Å². The van der Waals surface area contributed by atoms with E-state index in [1.807, 2.05) is 32.0 Å². The second kappa shape index (κ2) is 5.36. The van der Waals surface area contributed by atoms with Crippen molar-refractivity contribution in [3.8, 4) is 0 Å². The van der Waals surface area contributed by atoms with Crippen molar-refractivity contribution in [2.24, 2.45) is 0 Å². The molecule has 0 aliphatic rings. The Kier molecular flexibility index (Phi) is 3.81. The summed E-state index contributed by atoms with van der Waals surface area (Å²) in [5.41, 5.74) is 3.44. The molecule has 98 valence electrons. The smallest absolute Gasteiger partial charge is 0.156 e. The van der Waals surface area contributed by atoms with Crippen molar-refractivity contribution in [3.63, 3.8) is 0 Å². The van der Waals surface area contributed by atoms with Crippen molar-refractivity contribution in [3.05, 3.63) is 45.9 Å². The molecule has 0 fully saturated rings. The third-order valence-corrected chi connectivity index (χ3v) is 3.27. The van der Waals surface area contributed by atoms with Crippen LogP contribution in [0.4, 0.5) is 11.5 Å². The third kappa shape index (κ3) is 2.74. The number of benzene rings is 1. The van der Waals surface area contributed by atoms with Crippen molar-refractivity contribution in [1.29, 1.82) is 0 Å². The summed E-state index contributed by atoms with van der Waals surface area (Å²) in [6.07, 6.45) is 0.662. The molecule has 19 heavy (non-hydrogen) atoms. The van der Waals surface area contributed by atoms with E-state index in [2.05, 4.69) is 15.3 Å². The molecule has 1 heterocycles. The van der Waals surface area contributed by atoms with E-state index in [1.54, 1.807) is 6.92 Å². The van der Waals surface area contributed by atoms with E-state index in [0.29, 0.717) is 17.9 Å². The number of aldehydes is 1. The minimum atomic E-state index is 0.162. The molecule has 0 amide bonds. The van der Waals surface area contributed by atoms with E-state index in [-0.39, 0.29) is 10.7 Å². The van der Waals surface area contributed by atoms with E-state index >= 15 is 0 Å². The summed E-state index contributed by atoms with van der Waals surface area (Å²) in [6.45, 7) is 5.77. The molecule has 0 radical (unpaired) electrons. The predicted octanol–water partition coefficient (Wildman–Crippen LogP) is 3.61. The first-order valence-electron chi connectivity index (χ1n) is 5.85. The lowest BCUT2D eigenvalue weighted by Crippen LogP contribution is -2.04. The molecule has 4 nitrogen and oxygen atoms in total. The summed E-state index contributed by atoms with van der Waals surface area (Å²) in [5, 5.41) is 3.31. The van der Waals surface area contributed by atoms with Crippen molar-refractivity contribution in [2.75, 3.05) is 5.32 Å². The lowest BCUT2D eigenvalue weighted by Gasteiger charge is -2.13. The number of carbonyl (C=O) groups is 1.